The van der Waals surface area contributed by atoms with Crippen molar-refractivity contribution in [2.24, 2.45) is 0 Å². The molecule has 0 aliphatic heterocycles. The number of nitrogens with zero attached hydrogens (tertiary/aromatic N) is 1. The monoisotopic (exact) mass is 251 g/mol. The van der Waals surface area contributed by atoms with Crippen LogP contribution in [0.3, 0.4) is 0 Å². The number of fused-ring (bicyclic) bond motifs is 1. The Morgan fingerprint density at radius 1 is 1.41 bits per heavy atom. The summed E-state index contributed by atoms with van der Waals surface area (Å²) >= 11 is 6.08. The van der Waals surface area contributed by atoms with Crippen LogP contribution in [0.5, 0.6) is 5.75 Å². The van der Waals surface area contributed by atoms with Gasteiger partial charge in [0, 0.05) is 11.1 Å². The van der Waals surface area contributed by atoms with Gasteiger partial charge in [-0.25, -0.2) is 4.79 Å². The Balaban J connectivity index is 2.83. The van der Waals surface area contributed by atoms with E-state index in [1.807, 2.05) is 0 Å². The van der Waals surface area contributed by atoms with Crippen molar-refractivity contribution in [3.8, 4) is 5.75 Å². The molecule has 0 unspecified atom stereocenters. The third-order valence-corrected chi connectivity index (χ3v) is 2.75. The van der Waals surface area contributed by atoms with E-state index in [9.17, 15) is 4.79 Å². The molecule has 2 rings (SSSR count). The van der Waals surface area contributed by atoms with Crippen LogP contribution in [0, 0.1) is 6.92 Å². The Bertz CT molecular complexity index is 610. The van der Waals surface area contributed by atoms with Crippen molar-refractivity contribution < 1.29 is 14.6 Å². The lowest BCUT2D eigenvalue weighted by molar-refractivity contribution is 0.0693. The van der Waals surface area contributed by atoms with Crippen molar-refractivity contribution in [2.75, 3.05) is 7.11 Å². The molecule has 1 aromatic carbocycles. The molecule has 0 bridgehead atoms. The van der Waals surface area contributed by atoms with Crippen molar-refractivity contribution in [3.05, 3.63) is 34.5 Å². The first-order valence-corrected chi connectivity index (χ1v) is 5.29. The van der Waals surface area contributed by atoms with E-state index in [0.717, 1.165) is 5.69 Å². The highest BCUT2D eigenvalue weighted by atomic mass is 35.5. The first kappa shape index (κ1) is 11.7. The maximum atomic E-state index is 11.1. The SMILES string of the molecule is COc1cc2c(Cl)cc(C)nc2cc1C(=O)O. The van der Waals surface area contributed by atoms with E-state index in [2.05, 4.69) is 4.98 Å². The minimum Gasteiger partial charge on any atom is -0.496 e. The molecule has 0 atom stereocenters. The van der Waals surface area contributed by atoms with Gasteiger partial charge in [0.2, 0.25) is 0 Å². The normalized spacial score (nSPS) is 10.5. The molecule has 0 amide bonds. The molecule has 0 aliphatic rings. The zero-order valence-corrected chi connectivity index (χ0v) is 10.1. The Kier molecular flexibility index (Phi) is 2.90. The number of carboxylic acids is 1. The number of ether oxygens (including phenoxy) is 1. The van der Waals surface area contributed by atoms with E-state index >= 15 is 0 Å². The molecule has 1 aromatic heterocycles. The summed E-state index contributed by atoms with van der Waals surface area (Å²) in [6.07, 6.45) is 0. The lowest BCUT2D eigenvalue weighted by Crippen LogP contribution is -2.01. The quantitative estimate of drug-likeness (QED) is 0.892. The Morgan fingerprint density at radius 3 is 2.71 bits per heavy atom. The van der Waals surface area contributed by atoms with Crippen molar-refractivity contribution in [1.82, 2.24) is 4.98 Å². The molecule has 17 heavy (non-hydrogen) atoms. The standard InChI is InChI=1S/C12H10ClNO3/c1-6-3-9(13)7-5-11(17-2)8(12(15)16)4-10(7)14-6/h3-5H,1-2H3,(H,15,16). The Hall–Kier alpha value is -1.81. The molecule has 1 N–H and O–H groups in total. The number of pyridine rings is 1. The number of rotatable bonds is 2. The van der Waals surface area contributed by atoms with Crippen molar-refractivity contribution in [2.45, 2.75) is 6.92 Å². The fourth-order valence-electron chi connectivity index (χ4n) is 1.67. The van der Waals surface area contributed by atoms with E-state index in [4.69, 9.17) is 21.4 Å². The zero-order valence-electron chi connectivity index (χ0n) is 9.32. The molecule has 0 fully saturated rings. The summed E-state index contributed by atoms with van der Waals surface area (Å²) in [5, 5.41) is 10.3. The summed E-state index contributed by atoms with van der Waals surface area (Å²) < 4.78 is 5.03. The number of carboxylic acid groups (broad SMARTS) is 1. The number of aromatic nitrogens is 1. The van der Waals surface area contributed by atoms with Gasteiger partial charge in [-0.3, -0.25) is 4.98 Å². The first-order chi connectivity index (χ1) is 8.02. The smallest absolute Gasteiger partial charge is 0.339 e. The molecule has 5 heteroatoms. The van der Waals surface area contributed by atoms with Crippen molar-refractivity contribution in [3.63, 3.8) is 0 Å². The van der Waals surface area contributed by atoms with Crippen LogP contribution in [0.1, 0.15) is 16.1 Å². The fraction of sp³-hybridized carbons (Fsp3) is 0.167. The number of methoxy groups -OCH3 is 1. The maximum Gasteiger partial charge on any atom is 0.339 e. The predicted molar refractivity (Wildman–Crippen MR) is 65.0 cm³/mol. The van der Waals surface area contributed by atoms with Crippen LogP contribution in [0.2, 0.25) is 5.02 Å². The largest absolute Gasteiger partial charge is 0.496 e. The molecule has 1 heterocycles. The van der Waals surface area contributed by atoms with Crippen molar-refractivity contribution >= 4 is 28.5 Å². The van der Waals surface area contributed by atoms with Crippen LogP contribution < -0.4 is 4.74 Å². The lowest BCUT2D eigenvalue weighted by atomic mass is 10.1. The summed E-state index contributed by atoms with van der Waals surface area (Å²) in [7, 11) is 1.42. The van der Waals surface area contributed by atoms with E-state index in [-0.39, 0.29) is 11.3 Å². The highest BCUT2D eigenvalue weighted by Crippen LogP contribution is 2.30. The van der Waals surface area contributed by atoms with Gasteiger partial charge < -0.3 is 9.84 Å². The molecule has 4 nitrogen and oxygen atoms in total. The van der Waals surface area contributed by atoms with Crippen LogP contribution in [0.15, 0.2) is 18.2 Å². The summed E-state index contributed by atoms with van der Waals surface area (Å²) in [6.45, 7) is 1.80. The minimum atomic E-state index is -1.05. The lowest BCUT2D eigenvalue weighted by Gasteiger charge is -2.08. The number of aromatic carboxylic acids is 1. The van der Waals surface area contributed by atoms with Gasteiger partial charge >= 0.3 is 5.97 Å². The van der Waals surface area contributed by atoms with Crippen LogP contribution in [0.25, 0.3) is 10.9 Å². The van der Waals surface area contributed by atoms with Crippen LogP contribution >= 0.6 is 11.6 Å². The van der Waals surface area contributed by atoms with Gasteiger partial charge in [-0.1, -0.05) is 11.6 Å². The summed E-state index contributed by atoms with van der Waals surface area (Å²) in [5.74, 6) is -0.777. The molecule has 0 saturated carbocycles. The summed E-state index contributed by atoms with van der Waals surface area (Å²) in [4.78, 5) is 15.3. The van der Waals surface area contributed by atoms with E-state index < -0.39 is 5.97 Å². The number of carbonyl (C=O) groups is 1. The molecule has 2 aromatic rings. The molecule has 0 aliphatic carbocycles. The highest BCUT2D eigenvalue weighted by molar-refractivity contribution is 6.35. The fourth-order valence-corrected chi connectivity index (χ4v) is 1.98. The van der Waals surface area contributed by atoms with Gasteiger partial charge in [0.25, 0.3) is 0 Å². The number of benzene rings is 1. The van der Waals surface area contributed by atoms with E-state index in [1.54, 1.807) is 19.1 Å². The van der Waals surface area contributed by atoms with Crippen LogP contribution in [-0.4, -0.2) is 23.2 Å². The third-order valence-electron chi connectivity index (χ3n) is 2.44. The molecule has 0 spiro atoms. The van der Waals surface area contributed by atoms with Crippen LogP contribution in [-0.2, 0) is 0 Å². The molecule has 0 saturated heterocycles. The second kappa shape index (κ2) is 4.22. The Labute approximate surface area is 103 Å². The number of hydrogen-bond acceptors (Lipinski definition) is 3. The molecular formula is C12H10ClNO3. The molecular weight excluding hydrogens is 242 g/mol. The van der Waals surface area contributed by atoms with Gasteiger partial charge in [-0.15, -0.1) is 0 Å². The molecule has 0 radical (unpaired) electrons. The number of halogens is 1. The summed E-state index contributed by atoms with van der Waals surface area (Å²) in [6, 6.07) is 4.78. The zero-order chi connectivity index (χ0) is 12.6. The summed E-state index contributed by atoms with van der Waals surface area (Å²) in [5.41, 5.74) is 1.37. The Morgan fingerprint density at radius 2 is 2.12 bits per heavy atom. The predicted octanol–water partition coefficient (Wildman–Crippen LogP) is 2.90. The number of hydrogen-bond donors (Lipinski definition) is 1. The molecule has 88 valence electrons. The average molecular weight is 252 g/mol. The van der Waals surface area contributed by atoms with Gasteiger partial charge in [0.15, 0.2) is 0 Å². The van der Waals surface area contributed by atoms with Gasteiger partial charge in [0.1, 0.15) is 11.3 Å². The van der Waals surface area contributed by atoms with Gasteiger partial charge in [-0.05, 0) is 25.1 Å². The van der Waals surface area contributed by atoms with E-state index in [1.165, 1.54) is 13.2 Å². The maximum absolute atomic E-state index is 11.1. The van der Waals surface area contributed by atoms with Crippen molar-refractivity contribution in [1.29, 1.82) is 0 Å². The second-order valence-corrected chi connectivity index (χ2v) is 4.03. The average Bonchev–Trinajstić information content (AvgIpc) is 2.27. The number of aryl methyl sites for hydroxylation is 1. The topological polar surface area (TPSA) is 59.4 Å². The minimum absolute atomic E-state index is 0.0779. The van der Waals surface area contributed by atoms with Gasteiger partial charge in [0.05, 0.1) is 17.6 Å². The second-order valence-electron chi connectivity index (χ2n) is 3.62. The highest BCUT2D eigenvalue weighted by Gasteiger charge is 2.14. The van der Waals surface area contributed by atoms with E-state index in [0.29, 0.717) is 15.9 Å². The van der Waals surface area contributed by atoms with Crippen LogP contribution in [0.4, 0.5) is 0 Å². The third kappa shape index (κ3) is 2.03. The first-order valence-electron chi connectivity index (χ1n) is 4.91. The van der Waals surface area contributed by atoms with Gasteiger partial charge in [-0.2, -0.15) is 0 Å².